The molecule has 3 rings (SSSR count). The molecule has 0 fully saturated rings. The van der Waals surface area contributed by atoms with E-state index in [2.05, 4.69) is 31.1 Å². The molecule has 0 spiro atoms. The first-order chi connectivity index (χ1) is 9.72. The van der Waals surface area contributed by atoms with Crippen LogP contribution in [0.3, 0.4) is 0 Å². The molecule has 6 heteroatoms. The van der Waals surface area contributed by atoms with Crippen LogP contribution in [-0.2, 0) is 6.42 Å². The van der Waals surface area contributed by atoms with Crippen molar-refractivity contribution in [2.24, 2.45) is 0 Å². The maximum absolute atomic E-state index is 9.83. The molecule has 0 saturated carbocycles. The zero-order valence-electron chi connectivity index (χ0n) is 10.3. The summed E-state index contributed by atoms with van der Waals surface area (Å²) in [7, 11) is 0. The molecular formula is C14H10BrN3O2. The maximum Gasteiger partial charge on any atom is 0.261 e. The molecule has 100 valence electrons. The van der Waals surface area contributed by atoms with Crippen LogP contribution in [0.25, 0.3) is 11.5 Å². The number of phenols is 1. The normalized spacial score (nSPS) is 10.7. The van der Waals surface area contributed by atoms with Crippen molar-refractivity contribution in [1.82, 2.24) is 15.1 Å². The first-order valence-electron chi connectivity index (χ1n) is 5.93. The van der Waals surface area contributed by atoms with Crippen molar-refractivity contribution in [2.45, 2.75) is 6.42 Å². The lowest BCUT2D eigenvalue weighted by molar-refractivity contribution is 0.418. The van der Waals surface area contributed by atoms with Gasteiger partial charge in [0.25, 0.3) is 5.89 Å². The van der Waals surface area contributed by atoms with Crippen molar-refractivity contribution >= 4 is 15.9 Å². The third kappa shape index (κ3) is 2.70. The van der Waals surface area contributed by atoms with Gasteiger partial charge in [-0.2, -0.15) is 4.98 Å². The number of hydrogen-bond acceptors (Lipinski definition) is 5. The Kier molecular flexibility index (Phi) is 3.47. The molecule has 2 aromatic heterocycles. The van der Waals surface area contributed by atoms with Crippen molar-refractivity contribution in [3.8, 4) is 17.2 Å². The minimum atomic E-state index is 0.104. The van der Waals surface area contributed by atoms with Crippen molar-refractivity contribution in [2.75, 3.05) is 0 Å². The zero-order chi connectivity index (χ0) is 13.9. The van der Waals surface area contributed by atoms with Crippen molar-refractivity contribution < 1.29 is 9.63 Å². The summed E-state index contributed by atoms with van der Waals surface area (Å²) < 4.78 is 6.03. The molecule has 0 unspecified atom stereocenters. The fraction of sp³-hybridized carbons (Fsp3) is 0.0714. The summed E-state index contributed by atoms with van der Waals surface area (Å²) in [5, 5.41) is 13.8. The van der Waals surface area contributed by atoms with Crippen LogP contribution in [0.1, 0.15) is 11.4 Å². The van der Waals surface area contributed by atoms with Crippen molar-refractivity contribution in [3.63, 3.8) is 0 Å². The molecule has 5 nitrogen and oxygen atoms in total. The van der Waals surface area contributed by atoms with Crippen LogP contribution in [0.15, 0.2) is 51.7 Å². The van der Waals surface area contributed by atoms with Gasteiger partial charge in [0, 0.05) is 23.3 Å². The SMILES string of the molecule is Oc1ccc(Br)cc1-c1nc(Cc2ccncc2)no1. The highest BCUT2D eigenvalue weighted by molar-refractivity contribution is 9.10. The second kappa shape index (κ2) is 5.42. The third-order valence-corrected chi connectivity index (χ3v) is 3.26. The van der Waals surface area contributed by atoms with E-state index in [-0.39, 0.29) is 5.75 Å². The molecule has 0 radical (unpaired) electrons. The molecule has 0 aliphatic rings. The summed E-state index contributed by atoms with van der Waals surface area (Å²) in [4.78, 5) is 8.26. The predicted molar refractivity (Wildman–Crippen MR) is 76.1 cm³/mol. The van der Waals surface area contributed by atoms with E-state index in [1.165, 1.54) is 0 Å². The largest absolute Gasteiger partial charge is 0.507 e. The van der Waals surface area contributed by atoms with Gasteiger partial charge >= 0.3 is 0 Å². The number of aromatic nitrogens is 3. The minimum Gasteiger partial charge on any atom is -0.507 e. The maximum atomic E-state index is 9.83. The van der Waals surface area contributed by atoms with E-state index in [4.69, 9.17) is 4.52 Å². The van der Waals surface area contributed by atoms with Gasteiger partial charge in [-0.1, -0.05) is 21.1 Å². The number of aromatic hydroxyl groups is 1. The molecule has 2 heterocycles. The average molecular weight is 332 g/mol. The molecule has 0 aliphatic carbocycles. The Balaban J connectivity index is 1.88. The van der Waals surface area contributed by atoms with Gasteiger partial charge in [0.15, 0.2) is 5.82 Å². The van der Waals surface area contributed by atoms with Crippen molar-refractivity contribution in [3.05, 3.63) is 58.6 Å². The minimum absolute atomic E-state index is 0.104. The summed E-state index contributed by atoms with van der Waals surface area (Å²) in [6, 6.07) is 8.84. The lowest BCUT2D eigenvalue weighted by atomic mass is 10.2. The molecule has 1 N–H and O–H groups in total. The van der Waals surface area contributed by atoms with E-state index < -0.39 is 0 Å². The second-order valence-electron chi connectivity index (χ2n) is 4.21. The average Bonchev–Trinajstić information content (AvgIpc) is 2.91. The number of halogens is 1. The fourth-order valence-corrected chi connectivity index (χ4v) is 2.16. The Labute approximate surface area is 123 Å². The molecule has 3 aromatic rings. The molecule has 1 aromatic carbocycles. The first kappa shape index (κ1) is 12.8. The molecule has 0 aliphatic heterocycles. The Bertz CT molecular complexity index is 728. The predicted octanol–water partition coefficient (Wildman–Crippen LogP) is 3.19. The van der Waals surface area contributed by atoms with Gasteiger partial charge in [-0.15, -0.1) is 0 Å². The Morgan fingerprint density at radius 2 is 1.95 bits per heavy atom. The molecule has 0 saturated heterocycles. The van der Waals surface area contributed by atoms with Crippen LogP contribution in [0.4, 0.5) is 0 Å². The molecule has 20 heavy (non-hydrogen) atoms. The summed E-state index contributed by atoms with van der Waals surface area (Å²) >= 11 is 3.35. The number of benzene rings is 1. The van der Waals surface area contributed by atoms with Crippen molar-refractivity contribution in [1.29, 1.82) is 0 Å². The van der Waals surface area contributed by atoms with Crippen LogP contribution in [0, 0.1) is 0 Å². The fourth-order valence-electron chi connectivity index (χ4n) is 1.80. The number of nitrogens with zero attached hydrogens (tertiary/aromatic N) is 3. The highest BCUT2D eigenvalue weighted by Crippen LogP contribution is 2.30. The molecule has 0 amide bonds. The molecule has 0 bridgehead atoms. The molecular weight excluding hydrogens is 322 g/mol. The van der Waals surface area contributed by atoms with Gasteiger partial charge in [-0.3, -0.25) is 4.98 Å². The van der Waals surface area contributed by atoms with E-state index in [9.17, 15) is 5.11 Å². The van der Waals surface area contributed by atoms with E-state index in [0.29, 0.717) is 23.7 Å². The smallest absolute Gasteiger partial charge is 0.261 e. The quantitative estimate of drug-likeness (QED) is 0.797. The van der Waals surface area contributed by atoms with Gasteiger partial charge in [0.1, 0.15) is 5.75 Å². The zero-order valence-corrected chi connectivity index (χ0v) is 11.9. The van der Waals surface area contributed by atoms with Gasteiger partial charge < -0.3 is 9.63 Å². The summed E-state index contributed by atoms with van der Waals surface area (Å²) in [6.45, 7) is 0. The number of rotatable bonds is 3. The monoisotopic (exact) mass is 331 g/mol. The van der Waals surface area contributed by atoms with E-state index in [1.54, 1.807) is 30.6 Å². The lowest BCUT2D eigenvalue weighted by Crippen LogP contribution is -1.90. The number of phenolic OH excluding ortho intramolecular Hbond substituents is 1. The van der Waals surface area contributed by atoms with E-state index in [1.807, 2.05) is 12.1 Å². The number of pyridine rings is 1. The summed E-state index contributed by atoms with van der Waals surface area (Å²) in [5.41, 5.74) is 1.55. The second-order valence-corrected chi connectivity index (χ2v) is 5.13. The Morgan fingerprint density at radius 1 is 1.15 bits per heavy atom. The van der Waals surface area contributed by atoms with Gasteiger partial charge in [0.05, 0.1) is 5.56 Å². The van der Waals surface area contributed by atoms with Gasteiger partial charge in [0.2, 0.25) is 0 Å². The van der Waals surface area contributed by atoms with Crippen LogP contribution in [0.5, 0.6) is 5.75 Å². The third-order valence-electron chi connectivity index (χ3n) is 2.77. The van der Waals surface area contributed by atoms with Crippen LogP contribution >= 0.6 is 15.9 Å². The highest BCUT2D eigenvalue weighted by atomic mass is 79.9. The topological polar surface area (TPSA) is 72.0 Å². The Morgan fingerprint density at radius 3 is 2.75 bits per heavy atom. The molecule has 0 atom stereocenters. The van der Waals surface area contributed by atoms with Crippen LogP contribution < -0.4 is 0 Å². The standard InChI is InChI=1S/C14H10BrN3O2/c15-10-1-2-12(19)11(8-10)14-17-13(18-20-14)7-9-3-5-16-6-4-9/h1-6,8,19H,7H2. The highest BCUT2D eigenvalue weighted by Gasteiger charge is 2.13. The van der Waals surface area contributed by atoms with Crippen LogP contribution in [0.2, 0.25) is 0 Å². The van der Waals surface area contributed by atoms with E-state index in [0.717, 1.165) is 10.0 Å². The Hall–Kier alpha value is -2.21. The summed E-state index contributed by atoms with van der Waals surface area (Å²) in [6.07, 6.45) is 3.99. The van der Waals surface area contributed by atoms with Gasteiger partial charge in [-0.05, 0) is 35.9 Å². The number of hydrogen-bond donors (Lipinski definition) is 1. The van der Waals surface area contributed by atoms with Gasteiger partial charge in [-0.25, -0.2) is 0 Å². The summed E-state index contributed by atoms with van der Waals surface area (Å²) in [5.74, 6) is 0.964. The van der Waals surface area contributed by atoms with E-state index >= 15 is 0 Å². The first-order valence-corrected chi connectivity index (χ1v) is 6.72. The lowest BCUT2D eigenvalue weighted by Gasteiger charge is -1.99. The van der Waals surface area contributed by atoms with Crippen LogP contribution in [-0.4, -0.2) is 20.2 Å².